The third-order valence-electron chi connectivity index (χ3n) is 5.05. The molecule has 1 aromatic rings. The van der Waals surface area contributed by atoms with Crippen molar-refractivity contribution in [2.45, 2.75) is 57.7 Å². The van der Waals surface area contributed by atoms with Gasteiger partial charge in [-0.15, -0.1) is 0 Å². The smallest absolute Gasteiger partial charge is 0.407 e. The highest BCUT2D eigenvalue weighted by molar-refractivity contribution is 5.67. The largest absolute Gasteiger partial charge is 0.445 e. The molecular weight excluding hydrogens is 276 g/mol. The first kappa shape index (κ1) is 15.3. The maximum absolute atomic E-state index is 11.7. The lowest BCUT2D eigenvalue weighted by Crippen LogP contribution is -2.54. The molecule has 3 rings (SSSR count). The summed E-state index contributed by atoms with van der Waals surface area (Å²) < 4.78 is 5.24. The second kappa shape index (κ2) is 6.69. The van der Waals surface area contributed by atoms with E-state index in [4.69, 9.17) is 4.74 Å². The van der Waals surface area contributed by atoms with Crippen molar-refractivity contribution in [1.82, 2.24) is 10.6 Å². The highest BCUT2D eigenvalue weighted by Gasteiger charge is 2.35. The number of rotatable bonds is 6. The van der Waals surface area contributed by atoms with Crippen LogP contribution in [0.5, 0.6) is 0 Å². The lowest BCUT2D eigenvalue weighted by Gasteiger charge is -2.43. The lowest BCUT2D eigenvalue weighted by atomic mass is 9.70. The molecule has 2 aliphatic carbocycles. The first-order chi connectivity index (χ1) is 10.6. The fraction of sp³-hybridized carbons (Fsp3) is 0.611. The Kier molecular flexibility index (Phi) is 4.67. The summed E-state index contributed by atoms with van der Waals surface area (Å²) >= 11 is 0. The third-order valence-corrected chi connectivity index (χ3v) is 5.05. The summed E-state index contributed by atoms with van der Waals surface area (Å²) in [6, 6.07) is 10.6. The first-order valence-electron chi connectivity index (χ1n) is 8.34. The van der Waals surface area contributed by atoms with Gasteiger partial charge in [-0.1, -0.05) is 43.7 Å². The molecule has 0 heterocycles. The molecule has 0 unspecified atom stereocenters. The summed E-state index contributed by atoms with van der Waals surface area (Å²) in [5.74, 6) is 0. The quantitative estimate of drug-likeness (QED) is 0.848. The van der Waals surface area contributed by atoms with Crippen molar-refractivity contribution in [2.75, 3.05) is 6.54 Å². The van der Waals surface area contributed by atoms with Crippen LogP contribution in [0.4, 0.5) is 4.79 Å². The van der Waals surface area contributed by atoms with E-state index in [1.165, 1.54) is 19.3 Å². The normalized spacial score (nSPS) is 25.7. The van der Waals surface area contributed by atoms with E-state index in [2.05, 4.69) is 17.6 Å². The molecule has 2 aliphatic rings. The van der Waals surface area contributed by atoms with Crippen molar-refractivity contribution < 1.29 is 9.53 Å². The van der Waals surface area contributed by atoms with Gasteiger partial charge in [0.15, 0.2) is 0 Å². The predicted molar refractivity (Wildman–Crippen MR) is 86.5 cm³/mol. The van der Waals surface area contributed by atoms with Crippen molar-refractivity contribution in [1.29, 1.82) is 0 Å². The fourth-order valence-electron chi connectivity index (χ4n) is 3.18. The number of ether oxygens (including phenoxy) is 1. The number of nitrogens with one attached hydrogen (secondary N) is 2. The molecule has 1 amide bonds. The minimum absolute atomic E-state index is 0.259. The van der Waals surface area contributed by atoms with Crippen molar-refractivity contribution in [3.05, 3.63) is 35.9 Å². The Bertz CT molecular complexity index is 493. The average molecular weight is 302 g/mol. The van der Waals surface area contributed by atoms with Gasteiger partial charge in [0.2, 0.25) is 0 Å². The van der Waals surface area contributed by atoms with Gasteiger partial charge in [-0.05, 0) is 36.7 Å². The van der Waals surface area contributed by atoms with Crippen molar-refractivity contribution in [2.24, 2.45) is 5.41 Å². The molecule has 1 aromatic carbocycles. The minimum atomic E-state index is -0.307. The van der Waals surface area contributed by atoms with Crippen molar-refractivity contribution in [3.63, 3.8) is 0 Å². The molecular formula is C18H26N2O2. The molecule has 120 valence electrons. The highest BCUT2D eigenvalue weighted by Crippen LogP contribution is 2.39. The number of carbonyl (C=O) groups is 1. The van der Waals surface area contributed by atoms with Gasteiger partial charge in [0, 0.05) is 18.6 Å². The van der Waals surface area contributed by atoms with Gasteiger partial charge in [-0.25, -0.2) is 4.79 Å². The van der Waals surface area contributed by atoms with E-state index in [1.54, 1.807) is 0 Å². The molecule has 0 bridgehead atoms. The molecule has 0 atom stereocenters. The van der Waals surface area contributed by atoms with Crippen molar-refractivity contribution in [3.8, 4) is 0 Å². The van der Waals surface area contributed by atoms with E-state index in [0.717, 1.165) is 24.9 Å². The number of alkyl carbamates (subject to hydrolysis) is 1. The van der Waals surface area contributed by atoms with E-state index >= 15 is 0 Å². The topological polar surface area (TPSA) is 50.4 Å². The molecule has 22 heavy (non-hydrogen) atoms. The molecule has 2 N–H and O–H groups in total. The maximum atomic E-state index is 11.7. The van der Waals surface area contributed by atoms with Crippen LogP contribution in [-0.4, -0.2) is 24.7 Å². The number of hydrogen-bond acceptors (Lipinski definition) is 3. The second-order valence-corrected chi connectivity index (χ2v) is 7.12. The Balaban J connectivity index is 1.28. The van der Waals surface area contributed by atoms with Crippen LogP contribution in [0.2, 0.25) is 0 Å². The third kappa shape index (κ3) is 4.01. The standard InChI is InChI=1S/C18H26N2O2/c1-18(8-5-9-18)13-19-15-10-16(11-15)20-17(21)22-12-14-6-3-2-4-7-14/h2-4,6-7,15-16,19H,5,8-13H2,1H3,(H,20,21). The zero-order valence-electron chi connectivity index (χ0n) is 13.3. The zero-order valence-corrected chi connectivity index (χ0v) is 13.3. The van der Waals surface area contributed by atoms with Gasteiger partial charge in [0.25, 0.3) is 0 Å². The Morgan fingerprint density at radius 1 is 1.23 bits per heavy atom. The second-order valence-electron chi connectivity index (χ2n) is 7.12. The molecule has 4 heteroatoms. The van der Waals surface area contributed by atoms with Crippen LogP contribution >= 0.6 is 0 Å². The molecule has 0 radical (unpaired) electrons. The van der Waals surface area contributed by atoms with Crippen LogP contribution in [0.1, 0.15) is 44.6 Å². The average Bonchev–Trinajstić information content (AvgIpc) is 2.46. The van der Waals surface area contributed by atoms with E-state index in [9.17, 15) is 4.79 Å². The van der Waals surface area contributed by atoms with E-state index in [0.29, 0.717) is 18.1 Å². The van der Waals surface area contributed by atoms with E-state index in [-0.39, 0.29) is 12.1 Å². The van der Waals surface area contributed by atoms with Crippen molar-refractivity contribution >= 4 is 6.09 Å². The van der Waals surface area contributed by atoms with E-state index < -0.39 is 0 Å². The monoisotopic (exact) mass is 302 g/mol. The van der Waals surface area contributed by atoms with Crippen LogP contribution in [0, 0.1) is 5.41 Å². The van der Waals surface area contributed by atoms with Crippen LogP contribution in [-0.2, 0) is 11.3 Å². The van der Waals surface area contributed by atoms with Gasteiger partial charge in [0.05, 0.1) is 0 Å². The van der Waals surface area contributed by atoms with E-state index in [1.807, 2.05) is 30.3 Å². The lowest BCUT2D eigenvalue weighted by molar-refractivity contribution is 0.115. The molecule has 0 spiro atoms. The summed E-state index contributed by atoms with van der Waals surface area (Å²) in [7, 11) is 0. The molecule has 0 aromatic heterocycles. The van der Waals surface area contributed by atoms with Gasteiger partial charge < -0.3 is 15.4 Å². The Morgan fingerprint density at radius 3 is 2.59 bits per heavy atom. The van der Waals surface area contributed by atoms with Gasteiger partial charge in [-0.2, -0.15) is 0 Å². The predicted octanol–water partition coefficient (Wildman–Crippen LogP) is 3.22. The summed E-state index contributed by atoms with van der Waals surface area (Å²) in [5.41, 5.74) is 1.53. The Hall–Kier alpha value is -1.55. The summed E-state index contributed by atoms with van der Waals surface area (Å²) in [4.78, 5) is 11.7. The van der Waals surface area contributed by atoms with Crippen LogP contribution in [0.3, 0.4) is 0 Å². The van der Waals surface area contributed by atoms with Crippen LogP contribution < -0.4 is 10.6 Å². The van der Waals surface area contributed by atoms with Crippen LogP contribution in [0.15, 0.2) is 30.3 Å². The summed E-state index contributed by atoms with van der Waals surface area (Å²) in [6.45, 7) is 3.81. The molecule has 2 fully saturated rings. The number of benzene rings is 1. The van der Waals surface area contributed by atoms with Gasteiger partial charge >= 0.3 is 6.09 Å². The fourth-order valence-corrected chi connectivity index (χ4v) is 3.18. The molecule has 2 saturated carbocycles. The molecule has 0 saturated heterocycles. The molecule has 0 aliphatic heterocycles. The zero-order chi connectivity index (χ0) is 15.4. The Labute approximate surface area is 132 Å². The number of carbonyl (C=O) groups excluding carboxylic acids is 1. The number of hydrogen-bond donors (Lipinski definition) is 2. The first-order valence-corrected chi connectivity index (χ1v) is 8.34. The minimum Gasteiger partial charge on any atom is -0.445 e. The number of amides is 1. The van der Waals surface area contributed by atoms with Gasteiger partial charge in [-0.3, -0.25) is 0 Å². The summed E-state index contributed by atoms with van der Waals surface area (Å²) in [6.07, 6.45) is 5.78. The summed E-state index contributed by atoms with van der Waals surface area (Å²) in [5, 5.41) is 6.57. The molecule has 4 nitrogen and oxygen atoms in total. The maximum Gasteiger partial charge on any atom is 0.407 e. The highest BCUT2D eigenvalue weighted by atomic mass is 16.5. The SMILES string of the molecule is CC1(CNC2CC(NC(=O)OCc3ccccc3)C2)CCC1. The van der Waals surface area contributed by atoms with Gasteiger partial charge in [0.1, 0.15) is 6.61 Å². The van der Waals surface area contributed by atoms with Crippen LogP contribution in [0.25, 0.3) is 0 Å². The Morgan fingerprint density at radius 2 is 1.95 bits per heavy atom.